The van der Waals surface area contributed by atoms with E-state index in [2.05, 4.69) is 37.5 Å². The van der Waals surface area contributed by atoms with E-state index in [9.17, 15) is 0 Å². The first kappa shape index (κ1) is 20.8. The van der Waals surface area contributed by atoms with Crippen molar-refractivity contribution in [2.24, 2.45) is 4.99 Å². The van der Waals surface area contributed by atoms with Crippen molar-refractivity contribution in [1.29, 1.82) is 0 Å². The number of anilines is 2. The third-order valence-corrected chi connectivity index (χ3v) is 6.67. The number of ether oxygens (including phenoxy) is 2. The van der Waals surface area contributed by atoms with Crippen LogP contribution >= 0.6 is 0 Å². The maximum Gasteiger partial charge on any atom is 0.188 e. The van der Waals surface area contributed by atoms with Gasteiger partial charge in [-0.25, -0.2) is 24.5 Å². The number of rotatable bonds is 6. The second kappa shape index (κ2) is 8.01. The third-order valence-electron chi connectivity index (χ3n) is 6.67. The summed E-state index contributed by atoms with van der Waals surface area (Å²) in [4.78, 5) is 18.0. The van der Waals surface area contributed by atoms with E-state index in [0.717, 1.165) is 70.3 Å². The Balaban J connectivity index is 1.12. The van der Waals surface area contributed by atoms with Crippen molar-refractivity contribution in [3.05, 3.63) is 78.5 Å². The van der Waals surface area contributed by atoms with Gasteiger partial charge < -0.3 is 14.8 Å². The van der Waals surface area contributed by atoms with Crippen molar-refractivity contribution in [2.75, 3.05) is 11.9 Å². The van der Waals surface area contributed by atoms with Crippen LogP contribution in [-0.2, 0) is 11.2 Å². The number of aryl methyl sites for hydroxylation is 1. The molecule has 178 valence electrons. The minimum absolute atomic E-state index is 0.0823. The Kier molecular flexibility index (Phi) is 4.63. The number of pyridine rings is 1. The summed E-state index contributed by atoms with van der Waals surface area (Å²) in [5.41, 5.74) is 4.73. The smallest absolute Gasteiger partial charge is 0.188 e. The molecule has 0 bridgehead atoms. The fourth-order valence-corrected chi connectivity index (χ4v) is 4.49. The average Bonchev–Trinajstić information content (AvgIpc) is 3.28. The maximum absolute atomic E-state index is 6.10. The van der Waals surface area contributed by atoms with Gasteiger partial charge in [0.1, 0.15) is 36.6 Å². The van der Waals surface area contributed by atoms with Gasteiger partial charge in [0.05, 0.1) is 11.1 Å². The highest BCUT2D eigenvalue weighted by molar-refractivity contribution is 5.92. The lowest BCUT2D eigenvalue weighted by molar-refractivity contribution is 0.305. The lowest BCUT2D eigenvalue weighted by Crippen LogP contribution is -2.06. The Morgan fingerprint density at radius 1 is 1.03 bits per heavy atom. The first-order valence-corrected chi connectivity index (χ1v) is 11.9. The van der Waals surface area contributed by atoms with E-state index in [-0.39, 0.29) is 5.54 Å². The molecule has 0 radical (unpaired) electrons. The fourth-order valence-electron chi connectivity index (χ4n) is 4.49. The molecule has 0 amide bonds. The van der Waals surface area contributed by atoms with E-state index in [1.54, 1.807) is 10.8 Å². The van der Waals surface area contributed by atoms with Gasteiger partial charge in [-0.2, -0.15) is 5.10 Å². The van der Waals surface area contributed by atoms with E-state index < -0.39 is 0 Å². The Hall–Kier alpha value is -4.53. The van der Waals surface area contributed by atoms with E-state index in [4.69, 9.17) is 14.5 Å². The van der Waals surface area contributed by atoms with Crippen molar-refractivity contribution >= 4 is 34.0 Å². The van der Waals surface area contributed by atoms with Gasteiger partial charge in [-0.3, -0.25) is 0 Å². The molecule has 1 aliphatic carbocycles. The molecule has 2 aromatic carbocycles. The van der Waals surface area contributed by atoms with Gasteiger partial charge in [-0.05, 0) is 67.3 Å². The van der Waals surface area contributed by atoms with Gasteiger partial charge in [0.2, 0.25) is 0 Å². The van der Waals surface area contributed by atoms with Crippen LogP contribution in [0.25, 0.3) is 16.6 Å². The number of nitrogens with one attached hydrogen (secondary N) is 1. The summed E-state index contributed by atoms with van der Waals surface area (Å²) in [6, 6.07) is 15.9. The number of nitrogens with zero attached hydrogens (tertiary/aromatic N) is 6. The van der Waals surface area contributed by atoms with Crippen LogP contribution in [0.5, 0.6) is 11.5 Å². The van der Waals surface area contributed by atoms with Crippen LogP contribution in [0.3, 0.4) is 0 Å². The first-order valence-electron chi connectivity index (χ1n) is 11.9. The zero-order chi connectivity index (χ0) is 24.1. The van der Waals surface area contributed by atoms with Crippen molar-refractivity contribution in [1.82, 2.24) is 24.6 Å². The summed E-state index contributed by atoms with van der Waals surface area (Å²) >= 11 is 0. The second-order valence-corrected chi connectivity index (χ2v) is 9.40. The molecule has 4 heterocycles. The molecule has 1 aliphatic heterocycles. The van der Waals surface area contributed by atoms with E-state index in [1.165, 1.54) is 6.33 Å². The monoisotopic (exact) mass is 477 g/mol. The highest BCUT2D eigenvalue weighted by atomic mass is 16.5. The van der Waals surface area contributed by atoms with Crippen LogP contribution in [0.15, 0.2) is 72.4 Å². The molecular weight excluding hydrogens is 454 g/mol. The number of hydrogen-bond acceptors (Lipinski definition) is 8. The minimum atomic E-state index is 0.0823. The molecule has 0 saturated heterocycles. The molecule has 1 N–H and O–H groups in total. The average molecular weight is 478 g/mol. The van der Waals surface area contributed by atoms with Crippen LogP contribution in [0, 0.1) is 6.92 Å². The summed E-state index contributed by atoms with van der Waals surface area (Å²) in [6.45, 7) is 2.74. The van der Waals surface area contributed by atoms with Crippen LogP contribution in [-0.4, -0.2) is 42.6 Å². The summed E-state index contributed by atoms with van der Waals surface area (Å²) in [7, 11) is 0. The molecule has 5 aromatic rings. The molecule has 9 heteroatoms. The van der Waals surface area contributed by atoms with Crippen LogP contribution in [0.1, 0.15) is 24.0 Å². The zero-order valence-electron chi connectivity index (χ0n) is 19.7. The number of hydrogen-bond donors (Lipinski definition) is 1. The molecule has 0 unspecified atom stereocenters. The van der Waals surface area contributed by atoms with Crippen molar-refractivity contribution in [2.45, 2.75) is 31.7 Å². The second-order valence-electron chi connectivity index (χ2n) is 9.40. The van der Waals surface area contributed by atoms with Gasteiger partial charge >= 0.3 is 0 Å². The van der Waals surface area contributed by atoms with E-state index in [1.807, 2.05) is 49.5 Å². The Labute approximate surface area is 206 Å². The molecule has 3 aromatic heterocycles. The lowest BCUT2D eigenvalue weighted by atomic mass is 10.1. The van der Waals surface area contributed by atoms with E-state index in [0.29, 0.717) is 12.2 Å². The largest absolute Gasteiger partial charge is 0.478 e. The molecule has 0 atom stereocenters. The molecule has 7 rings (SSSR count). The quantitative estimate of drug-likeness (QED) is 0.367. The Morgan fingerprint density at radius 3 is 2.83 bits per heavy atom. The van der Waals surface area contributed by atoms with Gasteiger partial charge in [-0.1, -0.05) is 6.07 Å². The number of benzene rings is 2. The molecule has 9 nitrogen and oxygen atoms in total. The molecule has 1 saturated carbocycles. The SMILES string of the molecule is Cc1cc(Nc2ncnc3ccc(CC4=NC5(CC5)CO4)cc23)ccc1Oc1ccn2ncnc2c1. The summed E-state index contributed by atoms with van der Waals surface area (Å²) in [5.74, 6) is 3.05. The van der Waals surface area contributed by atoms with Crippen molar-refractivity contribution < 1.29 is 9.47 Å². The van der Waals surface area contributed by atoms with E-state index >= 15 is 0 Å². The maximum atomic E-state index is 6.10. The number of fused-ring (bicyclic) bond motifs is 2. The Bertz CT molecular complexity index is 1660. The molecule has 1 spiro atoms. The van der Waals surface area contributed by atoms with Crippen LogP contribution in [0.4, 0.5) is 11.5 Å². The minimum Gasteiger partial charge on any atom is -0.478 e. The zero-order valence-corrected chi connectivity index (χ0v) is 19.7. The first-order chi connectivity index (χ1) is 17.6. The summed E-state index contributed by atoms with van der Waals surface area (Å²) in [6.07, 6.45) is 7.87. The number of aromatic nitrogens is 5. The molecule has 36 heavy (non-hydrogen) atoms. The molecular formula is C27H23N7O2. The normalized spacial score (nSPS) is 15.8. The highest BCUT2D eigenvalue weighted by Gasteiger charge is 2.47. The van der Waals surface area contributed by atoms with Gasteiger partial charge in [0.15, 0.2) is 11.5 Å². The van der Waals surface area contributed by atoms with Crippen LogP contribution < -0.4 is 10.1 Å². The lowest BCUT2D eigenvalue weighted by Gasteiger charge is -2.13. The summed E-state index contributed by atoms with van der Waals surface area (Å²) in [5, 5.41) is 8.52. The van der Waals surface area contributed by atoms with Gasteiger partial charge in [0, 0.05) is 29.8 Å². The predicted octanol–water partition coefficient (Wildman–Crippen LogP) is 5.02. The molecule has 2 aliphatic rings. The third kappa shape index (κ3) is 3.88. The highest BCUT2D eigenvalue weighted by Crippen LogP contribution is 2.43. The standard InChI is InChI=1S/C27H23N7O2/c1-17-10-19(3-5-23(17)36-20-6-9-34-24(13-20)29-16-31-34)32-26-21-11-18(2-4-22(21)28-15-30-26)12-25-33-27(7-8-27)14-35-25/h2-6,9-11,13,15-16H,7-8,12,14H2,1H3,(H,28,30,32). The van der Waals surface area contributed by atoms with Crippen LogP contribution in [0.2, 0.25) is 0 Å². The van der Waals surface area contributed by atoms with Gasteiger partial charge in [0.25, 0.3) is 0 Å². The van der Waals surface area contributed by atoms with Crippen molar-refractivity contribution in [3.8, 4) is 11.5 Å². The topological polar surface area (TPSA) is 98.8 Å². The predicted molar refractivity (Wildman–Crippen MR) is 136 cm³/mol. The fraction of sp³-hybridized carbons (Fsp3) is 0.222. The van der Waals surface area contributed by atoms with Gasteiger partial charge in [-0.15, -0.1) is 0 Å². The molecule has 1 fully saturated rings. The van der Waals surface area contributed by atoms with Crippen molar-refractivity contribution in [3.63, 3.8) is 0 Å². The number of aliphatic imine (C=N–C) groups is 1. The Morgan fingerprint density at radius 2 is 1.97 bits per heavy atom. The summed E-state index contributed by atoms with van der Waals surface area (Å²) < 4.78 is 13.6.